The molecule has 0 amide bonds. The van der Waals surface area contributed by atoms with E-state index in [4.69, 9.17) is 9.15 Å². The van der Waals surface area contributed by atoms with Gasteiger partial charge in [-0.05, 0) is 45.8 Å². The molecule has 3 aromatic rings. The first-order valence-corrected chi connectivity index (χ1v) is 9.17. The number of hydrogen-bond acceptors (Lipinski definition) is 6. The maximum atomic E-state index is 12.4. The minimum Gasteiger partial charge on any atom is -0.493 e. The van der Waals surface area contributed by atoms with Crippen molar-refractivity contribution in [2.75, 3.05) is 7.11 Å². The second-order valence-electron chi connectivity index (χ2n) is 5.01. The maximum Gasteiger partial charge on any atom is 0.387 e. The molecule has 1 aromatic heterocycles. The molecule has 3 rings (SSSR count). The fourth-order valence-electron chi connectivity index (χ4n) is 2.15. The van der Waals surface area contributed by atoms with E-state index in [2.05, 4.69) is 30.9 Å². The first-order valence-electron chi connectivity index (χ1n) is 7.39. The zero-order chi connectivity index (χ0) is 18.5. The molecule has 1 heterocycles. The number of alkyl halides is 2. The van der Waals surface area contributed by atoms with Gasteiger partial charge >= 0.3 is 6.61 Å². The molecule has 9 heteroatoms. The summed E-state index contributed by atoms with van der Waals surface area (Å²) in [5.41, 5.74) is 1.65. The van der Waals surface area contributed by atoms with Crippen LogP contribution in [0.5, 0.6) is 11.5 Å². The molecule has 5 nitrogen and oxygen atoms in total. The normalized spacial score (nSPS) is 11.0. The summed E-state index contributed by atoms with van der Waals surface area (Å²) in [6.07, 6.45) is 0. The number of benzene rings is 2. The second kappa shape index (κ2) is 8.50. The topological polar surface area (TPSA) is 57.4 Å². The molecule has 0 saturated heterocycles. The molecular formula is C17H13BrF2N2O3S. The molecule has 26 heavy (non-hydrogen) atoms. The van der Waals surface area contributed by atoms with Crippen molar-refractivity contribution in [3.05, 3.63) is 52.5 Å². The fourth-order valence-corrected chi connectivity index (χ4v) is 3.31. The highest BCUT2D eigenvalue weighted by Gasteiger charge is 2.14. The van der Waals surface area contributed by atoms with E-state index in [-0.39, 0.29) is 11.5 Å². The summed E-state index contributed by atoms with van der Waals surface area (Å²) >= 11 is 4.78. The van der Waals surface area contributed by atoms with Gasteiger partial charge in [0.2, 0.25) is 5.89 Å². The van der Waals surface area contributed by atoms with Gasteiger partial charge < -0.3 is 13.9 Å². The SMILES string of the molecule is COc1cc(CSc2nnc(-c3ccccc3Br)o2)ccc1OC(F)F. The predicted octanol–water partition coefficient (Wildman–Crippen LogP) is 5.40. The third-order valence-corrected chi connectivity index (χ3v) is 4.90. The highest BCUT2D eigenvalue weighted by Crippen LogP contribution is 2.33. The van der Waals surface area contributed by atoms with E-state index in [1.807, 2.05) is 24.3 Å². The van der Waals surface area contributed by atoms with Crippen LogP contribution in [0.1, 0.15) is 5.56 Å². The van der Waals surface area contributed by atoms with Gasteiger partial charge in [-0.25, -0.2) is 0 Å². The Morgan fingerprint density at radius 3 is 2.69 bits per heavy atom. The van der Waals surface area contributed by atoms with E-state index in [0.29, 0.717) is 16.9 Å². The fraction of sp³-hybridized carbons (Fsp3) is 0.176. The number of hydrogen-bond donors (Lipinski definition) is 0. The van der Waals surface area contributed by atoms with Crippen molar-refractivity contribution in [1.82, 2.24) is 10.2 Å². The lowest BCUT2D eigenvalue weighted by atomic mass is 10.2. The van der Waals surface area contributed by atoms with Gasteiger partial charge in [-0.3, -0.25) is 0 Å². The average Bonchev–Trinajstić information content (AvgIpc) is 3.09. The van der Waals surface area contributed by atoms with E-state index in [1.54, 1.807) is 12.1 Å². The number of aromatic nitrogens is 2. The quantitative estimate of drug-likeness (QED) is 0.456. The molecule has 0 aliphatic rings. The van der Waals surface area contributed by atoms with E-state index >= 15 is 0 Å². The molecular weight excluding hydrogens is 430 g/mol. The summed E-state index contributed by atoms with van der Waals surface area (Å²) in [6, 6.07) is 12.3. The van der Waals surface area contributed by atoms with Gasteiger partial charge in [0.1, 0.15) is 0 Å². The summed E-state index contributed by atoms with van der Waals surface area (Å²) < 4.78 is 40.7. The summed E-state index contributed by atoms with van der Waals surface area (Å²) in [5.74, 6) is 1.15. The van der Waals surface area contributed by atoms with Crippen LogP contribution < -0.4 is 9.47 Å². The van der Waals surface area contributed by atoms with Crippen molar-refractivity contribution in [3.63, 3.8) is 0 Å². The van der Waals surface area contributed by atoms with E-state index in [1.165, 1.54) is 24.9 Å². The lowest BCUT2D eigenvalue weighted by molar-refractivity contribution is -0.0512. The van der Waals surface area contributed by atoms with E-state index in [9.17, 15) is 8.78 Å². The van der Waals surface area contributed by atoms with Crippen LogP contribution in [0.25, 0.3) is 11.5 Å². The Morgan fingerprint density at radius 1 is 1.15 bits per heavy atom. The number of halogens is 3. The van der Waals surface area contributed by atoms with Crippen molar-refractivity contribution in [1.29, 1.82) is 0 Å². The lowest BCUT2D eigenvalue weighted by Crippen LogP contribution is -2.03. The third kappa shape index (κ3) is 4.53. The third-order valence-electron chi connectivity index (χ3n) is 3.32. The van der Waals surface area contributed by atoms with Crippen molar-refractivity contribution in [2.45, 2.75) is 17.6 Å². The molecule has 0 atom stereocenters. The molecule has 0 aliphatic carbocycles. The van der Waals surface area contributed by atoms with Gasteiger partial charge in [-0.1, -0.05) is 30.0 Å². The molecule has 0 aliphatic heterocycles. The van der Waals surface area contributed by atoms with Crippen LogP contribution >= 0.6 is 27.7 Å². The molecule has 0 unspecified atom stereocenters. The zero-order valence-electron chi connectivity index (χ0n) is 13.5. The first kappa shape index (κ1) is 18.7. The Kier molecular flexibility index (Phi) is 6.10. The molecule has 136 valence electrons. The lowest BCUT2D eigenvalue weighted by Gasteiger charge is -2.10. The highest BCUT2D eigenvalue weighted by molar-refractivity contribution is 9.10. The van der Waals surface area contributed by atoms with Crippen LogP contribution in [-0.4, -0.2) is 23.9 Å². The summed E-state index contributed by atoms with van der Waals surface area (Å²) in [4.78, 5) is 0. The predicted molar refractivity (Wildman–Crippen MR) is 96.6 cm³/mol. The second-order valence-corrected chi connectivity index (χ2v) is 6.79. The smallest absolute Gasteiger partial charge is 0.387 e. The molecule has 2 aromatic carbocycles. The van der Waals surface area contributed by atoms with Gasteiger partial charge in [-0.2, -0.15) is 8.78 Å². The van der Waals surface area contributed by atoms with Gasteiger partial charge in [0.15, 0.2) is 11.5 Å². The minimum atomic E-state index is -2.90. The summed E-state index contributed by atoms with van der Waals surface area (Å²) in [7, 11) is 1.40. The molecule has 0 saturated carbocycles. The minimum absolute atomic E-state index is 0.00902. The van der Waals surface area contributed by atoms with Crippen LogP contribution in [0.2, 0.25) is 0 Å². The Bertz CT molecular complexity index is 892. The molecule has 0 radical (unpaired) electrons. The Labute approximate surface area is 160 Å². The Balaban J connectivity index is 1.69. The van der Waals surface area contributed by atoms with Crippen LogP contribution in [0.4, 0.5) is 8.78 Å². The van der Waals surface area contributed by atoms with Crippen LogP contribution in [0.3, 0.4) is 0 Å². The van der Waals surface area contributed by atoms with Crippen molar-refractivity contribution < 1.29 is 22.7 Å². The van der Waals surface area contributed by atoms with E-state index in [0.717, 1.165) is 15.6 Å². The molecule has 0 bridgehead atoms. The standard InChI is InChI=1S/C17H13BrF2N2O3S/c1-23-14-8-10(6-7-13(14)24-16(19)20)9-26-17-22-21-15(25-17)11-4-2-3-5-12(11)18/h2-8,16H,9H2,1H3. The molecule has 0 spiro atoms. The van der Waals surface area contributed by atoms with Gasteiger partial charge in [0.25, 0.3) is 5.22 Å². The number of methoxy groups -OCH3 is 1. The Hall–Kier alpha value is -2.13. The van der Waals surface area contributed by atoms with Gasteiger partial charge in [-0.15, -0.1) is 10.2 Å². The molecule has 0 fully saturated rings. The van der Waals surface area contributed by atoms with Gasteiger partial charge in [0.05, 0.1) is 12.7 Å². The molecule has 0 N–H and O–H groups in total. The number of nitrogens with zero attached hydrogens (tertiary/aromatic N) is 2. The Morgan fingerprint density at radius 2 is 1.96 bits per heavy atom. The van der Waals surface area contributed by atoms with Crippen molar-refractivity contribution in [2.24, 2.45) is 0 Å². The van der Waals surface area contributed by atoms with E-state index < -0.39 is 6.61 Å². The largest absolute Gasteiger partial charge is 0.493 e. The first-order chi connectivity index (χ1) is 12.6. The van der Waals surface area contributed by atoms with Gasteiger partial charge in [0, 0.05) is 10.2 Å². The number of ether oxygens (including phenoxy) is 2. The average molecular weight is 443 g/mol. The van der Waals surface area contributed by atoms with Crippen LogP contribution in [0, 0.1) is 0 Å². The zero-order valence-corrected chi connectivity index (χ0v) is 15.9. The van der Waals surface area contributed by atoms with Crippen molar-refractivity contribution >= 4 is 27.7 Å². The highest BCUT2D eigenvalue weighted by atomic mass is 79.9. The summed E-state index contributed by atoms with van der Waals surface area (Å²) in [5, 5.41) is 8.47. The van der Waals surface area contributed by atoms with Crippen LogP contribution in [0.15, 0.2) is 56.6 Å². The van der Waals surface area contributed by atoms with Crippen molar-refractivity contribution in [3.8, 4) is 23.0 Å². The number of rotatable bonds is 7. The maximum absolute atomic E-state index is 12.4. The number of thioether (sulfide) groups is 1. The summed E-state index contributed by atoms with van der Waals surface area (Å²) in [6.45, 7) is -2.90. The van der Waals surface area contributed by atoms with Crippen LogP contribution in [-0.2, 0) is 5.75 Å². The monoisotopic (exact) mass is 442 g/mol.